The Kier molecular flexibility index (Phi) is 8.07. The minimum Gasteiger partial charge on any atom is -0.496 e. The fourth-order valence-electron chi connectivity index (χ4n) is 4.05. The number of hydrogen-bond donors (Lipinski definition) is 3. The lowest BCUT2D eigenvalue weighted by Crippen LogP contribution is -2.48. The molecule has 196 valence electrons. The summed E-state index contributed by atoms with van der Waals surface area (Å²) in [6.45, 7) is 7.73. The zero-order valence-electron chi connectivity index (χ0n) is 21.2. The molecule has 0 aliphatic carbocycles. The fourth-order valence-corrected chi connectivity index (χ4v) is 5.21. The van der Waals surface area contributed by atoms with Gasteiger partial charge in [-0.2, -0.15) is 0 Å². The molecular weight excluding hydrogens is 489 g/mol. The van der Waals surface area contributed by atoms with Gasteiger partial charge in [-0.05, 0) is 58.4 Å². The predicted octanol–water partition coefficient (Wildman–Crippen LogP) is 2.46. The van der Waals surface area contributed by atoms with Crippen LogP contribution in [0.4, 0.5) is 4.39 Å². The summed E-state index contributed by atoms with van der Waals surface area (Å²) in [5, 5.41) is 23.8. The monoisotopic (exact) mass is 521 g/mol. The molecule has 36 heavy (non-hydrogen) atoms. The standard InChI is InChI=1S/C25H32FN3O6S/c1-13(2)27-23(33)25(4,5)12-29-21(32)20-14(3)19(11-30)36-22(20)28(24(29)34)10-17(31)16-9-15(26)7-8-18(16)35-6/h7-9,13,17,30-31H,10-12H2,1-6H3,(H,27,33). The SMILES string of the molecule is COc1ccc(F)cc1C(O)Cn1c(=O)n(CC(C)(C)C(=O)NC(C)C)c(=O)c2c(C)c(CO)sc21. The van der Waals surface area contributed by atoms with Crippen LogP contribution in [0.25, 0.3) is 10.2 Å². The van der Waals surface area contributed by atoms with E-state index in [-0.39, 0.29) is 53.2 Å². The van der Waals surface area contributed by atoms with Crippen LogP contribution in [-0.4, -0.2) is 38.4 Å². The van der Waals surface area contributed by atoms with E-state index in [0.717, 1.165) is 22.0 Å². The first-order valence-corrected chi connectivity index (χ1v) is 12.3. The summed E-state index contributed by atoms with van der Waals surface area (Å²) < 4.78 is 21.4. The molecule has 0 fully saturated rings. The molecule has 11 heteroatoms. The zero-order chi connectivity index (χ0) is 26.9. The second-order valence-corrected chi connectivity index (χ2v) is 10.8. The molecule has 0 aliphatic rings. The highest BCUT2D eigenvalue weighted by Gasteiger charge is 2.32. The Bertz CT molecular complexity index is 1410. The molecule has 1 unspecified atom stereocenters. The first-order chi connectivity index (χ1) is 16.8. The number of rotatable bonds is 9. The van der Waals surface area contributed by atoms with E-state index in [1.165, 1.54) is 23.8 Å². The lowest BCUT2D eigenvalue weighted by atomic mass is 9.91. The van der Waals surface area contributed by atoms with E-state index < -0.39 is 28.6 Å². The van der Waals surface area contributed by atoms with E-state index >= 15 is 0 Å². The first kappa shape index (κ1) is 27.6. The van der Waals surface area contributed by atoms with E-state index in [1.54, 1.807) is 20.8 Å². The van der Waals surface area contributed by atoms with Crippen LogP contribution < -0.4 is 21.3 Å². The summed E-state index contributed by atoms with van der Waals surface area (Å²) in [6, 6.07) is 3.57. The van der Waals surface area contributed by atoms with Crippen LogP contribution in [-0.2, 0) is 24.5 Å². The normalized spacial score (nSPS) is 12.8. The molecule has 3 N–H and O–H groups in total. The van der Waals surface area contributed by atoms with Gasteiger partial charge in [0.05, 0.1) is 31.1 Å². The summed E-state index contributed by atoms with van der Waals surface area (Å²) in [6.07, 6.45) is -1.35. The summed E-state index contributed by atoms with van der Waals surface area (Å²) in [4.78, 5) is 40.7. The number of carbonyl (C=O) groups is 1. The van der Waals surface area contributed by atoms with Crippen LogP contribution in [0.1, 0.15) is 49.8 Å². The van der Waals surface area contributed by atoms with Crippen molar-refractivity contribution < 1.29 is 24.1 Å². The Morgan fingerprint density at radius 3 is 2.50 bits per heavy atom. The number of nitrogens with one attached hydrogen (secondary N) is 1. The summed E-state index contributed by atoms with van der Waals surface area (Å²) in [5.74, 6) is -0.663. The number of hydrogen-bond acceptors (Lipinski definition) is 7. The Labute approximate surface area is 211 Å². The second-order valence-electron chi connectivity index (χ2n) is 9.69. The average molecular weight is 522 g/mol. The van der Waals surface area contributed by atoms with Crippen molar-refractivity contribution in [3.8, 4) is 5.75 Å². The molecule has 1 amide bonds. The predicted molar refractivity (Wildman–Crippen MR) is 136 cm³/mol. The molecule has 9 nitrogen and oxygen atoms in total. The largest absolute Gasteiger partial charge is 0.496 e. The van der Waals surface area contributed by atoms with E-state index in [0.29, 0.717) is 10.4 Å². The Hall–Kier alpha value is -3.02. The number of fused-ring (bicyclic) bond motifs is 1. The van der Waals surface area contributed by atoms with Gasteiger partial charge in [0.1, 0.15) is 22.5 Å². The molecule has 2 aromatic heterocycles. The van der Waals surface area contributed by atoms with Crippen LogP contribution in [0.5, 0.6) is 5.75 Å². The number of ether oxygens (including phenoxy) is 1. The average Bonchev–Trinajstić information content (AvgIpc) is 3.15. The topological polar surface area (TPSA) is 123 Å². The van der Waals surface area contributed by atoms with Gasteiger partial charge in [0.2, 0.25) is 5.91 Å². The van der Waals surface area contributed by atoms with Gasteiger partial charge in [-0.1, -0.05) is 0 Å². The van der Waals surface area contributed by atoms with Gasteiger partial charge in [0.25, 0.3) is 5.56 Å². The molecule has 0 bridgehead atoms. The van der Waals surface area contributed by atoms with Gasteiger partial charge in [0.15, 0.2) is 0 Å². The fraction of sp³-hybridized carbons (Fsp3) is 0.480. The number of thiophene rings is 1. The molecular formula is C25H32FN3O6S. The summed E-state index contributed by atoms with van der Waals surface area (Å²) >= 11 is 1.07. The van der Waals surface area contributed by atoms with Crippen molar-refractivity contribution in [2.45, 2.75) is 66.5 Å². The third kappa shape index (κ3) is 5.23. The quantitative estimate of drug-likeness (QED) is 0.398. The molecule has 2 heterocycles. The molecule has 3 rings (SSSR count). The van der Waals surface area contributed by atoms with Gasteiger partial charge in [-0.15, -0.1) is 11.3 Å². The minimum atomic E-state index is -1.35. The molecule has 0 saturated heterocycles. The summed E-state index contributed by atoms with van der Waals surface area (Å²) in [5.41, 5.74) is -1.75. The number of carbonyl (C=O) groups excluding carboxylic acids is 1. The van der Waals surface area contributed by atoms with Gasteiger partial charge in [-0.25, -0.2) is 9.18 Å². The maximum atomic E-state index is 13.9. The molecule has 0 saturated carbocycles. The number of aryl methyl sites for hydroxylation is 1. The number of aliphatic hydroxyl groups is 2. The maximum Gasteiger partial charge on any atom is 0.332 e. The van der Waals surface area contributed by atoms with Crippen molar-refractivity contribution in [3.05, 3.63) is 60.9 Å². The molecule has 0 aliphatic heterocycles. The highest BCUT2D eigenvalue weighted by atomic mass is 32.1. The number of methoxy groups -OCH3 is 1. The Morgan fingerprint density at radius 1 is 1.25 bits per heavy atom. The van der Waals surface area contributed by atoms with Crippen molar-refractivity contribution in [2.75, 3.05) is 7.11 Å². The smallest absolute Gasteiger partial charge is 0.332 e. The van der Waals surface area contributed by atoms with E-state index in [1.807, 2.05) is 13.8 Å². The first-order valence-electron chi connectivity index (χ1n) is 11.5. The number of aliphatic hydroxyl groups excluding tert-OH is 2. The maximum absolute atomic E-state index is 13.9. The molecule has 0 radical (unpaired) electrons. The zero-order valence-corrected chi connectivity index (χ0v) is 22.0. The lowest BCUT2D eigenvalue weighted by molar-refractivity contribution is -0.130. The molecule has 1 aromatic carbocycles. The van der Waals surface area contributed by atoms with Crippen LogP contribution in [0, 0.1) is 18.2 Å². The number of benzene rings is 1. The van der Waals surface area contributed by atoms with Gasteiger partial charge in [-0.3, -0.25) is 18.7 Å². The third-order valence-corrected chi connectivity index (χ3v) is 7.33. The molecule has 3 aromatic rings. The Balaban J connectivity index is 2.21. The van der Waals surface area contributed by atoms with E-state index in [2.05, 4.69) is 5.32 Å². The van der Waals surface area contributed by atoms with Crippen LogP contribution in [0.3, 0.4) is 0 Å². The van der Waals surface area contributed by atoms with E-state index in [9.17, 15) is 29.0 Å². The number of halogens is 1. The summed E-state index contributed by atoms with van der Waals surface area (Å²) in [7, 11) is 1.38. The number of aromatic nitrogens is 2. The van der Waals surface area contributed by atoms with Crippen LogP contribution >= 0.6 is 11.3 Å². The number of nitrogens with zero attached hydrogens (tertiary/aromatic N) is 2. The van der Waals surface area contributed by atoms with E-state index in [4.69, 9.17) is 4.74 Å². The van der Waals surface area contributed by atoms with Crippen LogP contribution in [0.15, 0.2) is 27.8 Å². The lowest BCUT2D eigenvalue weighted by Gasteiger charge is -2.26. The third-order valence-electron chi connectivity index (χ3n) is 6.03. The van der Waals surface area contributed by atoms with Gasteiger partial charge < -0.3 is 20.3 Å². The van der Waals surface area contributed by atoms with Gasteiger partial charge in [0, 0.05) is 23.0 Å². The van der Waals surface area contributed by atoms with Crippen molar-refractivity contribution in [1.82, 2.24) is 14.5 Å². The highest BCUT2D eigenvalue weighted by Crippen LogP contribution is 2.31. The van der Waals surface area contributed by atoms with Crippen molar-refractivity contribution in [2.24, 2.45) is 5.41 Å². The van der Waals surface area contributed by atoms with Gasteiger partial charge >= 0.3 is 5.69 Å². The highest BCUT2D eigenvalue weighted by molar-refractivity contribution is 7.18. The van der Waals surface area contributed by atoms with Crippen molar-refractivity contribution in [1.29, 1.82) is 0 Å². The Morgan fingerprint density at radius 2 is 1.92 bits per heavy atom. The molecule has 0 spiro atoms. The molecule has 1 atom stereocenters. The minimum absolute atomic E-state index is 0.129. The van der Waals surface area contributed by atoms with Crippen LogP contribution in [0.2, 0.25) is 0 Å². The van der Waals surface area contributed by atoms with Crippen molar-refractivity contribution >= 4 is 27.5 Å². The van der Waals surface area contributed by atoms with Crippen molar-refractivity contribution in [3.63, 3.8) is 0 Å². The number of amides is 1. The second kappa shape index (κ2) is 10.5.